The number of methoxy groups -OCH3 is 1. The third-order valence-corrected chi connectivity index (χ3v) is 6.64. The standard InChI is InChI=1S/C34H38N2O7/c1-10-29(37)42-32(26-15-12-11-14-23(26)4)43-33(40)35(31(39)27-16-13-17-28(41-9)24(27)5)36(34(6,7)8)30(38)25-19-21(2)18-22(3)20-25/h10-20,32H,1H2,2-9H3. The van der Waals surface area contributed by atoms with Crippen molar-refractivity contribution in [1.29, 1.82) is 0 Å². The molecule has 0 saturated heterocycles. The van der Waals surface area contributed by atoms with Gasteiger partial charge in [0.1, 0.15) is 5.75 Å². The molecule has 0 saturated carbocycles. The lowest BCUT2D eigenvalue weighted by Crippen LogP contribution is -2.60. The van der Waals surface area contributed by atoms with E-state index in [1.165, 1.54) is 13.2 Å². The molecular formula is C34H38N2O7. The number of esters is 1. The molecule has 3 aromatic rings. The second-order valence-corrected chi connectivity index (χ2v) is 11.1. The molecule has 0 aliphatic heterocycles. The van der Waals surface area contributed by atoms with Crippen LogP contribution in [-0.2, 0) is 14.3 Å². The first-order valence-corrected chi connectivity index (χ1v) is 13.7. The highest BCUT2D eigenvalue weighted by molar-refractivity contribution is 6.07. The van der Waals surface area contributed by atoms with E-state index in [0.29, 0.717) is 27.4 Å². The number of hydrogen-bond acceptors (Lipinski definition) is 7. The summed E-state index contributed by atoms with van der Waals surface area (Å²) in [5.41, 5.74) is 2.43. The first-order chi connectivity index (χ1) is 20.2. The number of carbonyl (C=O) groups is 4. The molecule has 0 aliphatic carbocycles. The first kappa shape index (κ1) is 32.6. The van der Waals surface area contributed by atoms with E-state index in [-0.39, 0.29) is 11.1 Å². The van der Waals surface area contributed by atoms with Crippen LogP contribution in [-0.4, -0.2) is 46.5 Å². The van der Waals surface area contributed by atoms with E-state index in [1.807, 2.05) is 19.9 Å². The Hall–Kier alpha value is -4.92. The average molecular weight is 587 g/mol. The molecule has 0 fully saturated rings. The third-order valence-electron chi connectivity index (χ3n) is 6.64. The van der Waals surface area contributed by atoms with Crippen molar-refractivity contribution in [3.8, 4) is 5.75 Å². The van der Waals surface area contributed by atoms with Crippen LogP contribution < -0.4 is 4.74 Å². The van der Waals surface area contributed by atoms with Crippen LogP contribution in [0.25, 0.3) is 0 Å². The molecule has 0 radical (unpaired) electrons. The highest BCUT2D eigenvalue weighted by atomic mass is 16.7. The van der Waals surface area contributed by atoms with Crippen LogP contribution in [0.1, 0.15) is 75.6 Å². The quantitative estimate of drug-likeness (QED) is 0.130. The van der Waals surface area contributed by atoms with Crippen LogP contribution in [0.3, 0.4) is 0 Å². The van der Waals surface area contributed by atoms with Gasteiger partial charge in [-0.3, -0.25) is 9.59 Å². The molecule has 3 rings (SSSR count). The second-order valence-electron chi connectivity index (χ2n) is 11.1. The van der Waals surface area contributed by atoms with Gasteiger partial charge in [-0.15, -0.1) is 5.01 Å². The summed E-state index contributed by atoms with van der Waals surface area (Å²) in [6.07, 6.45) is -1.84. The number of nitrogens with zero attached hydrogens (tertiary/aromatic N) is 2. The third kappa shape index (κ3) is 7.48. The number of carbonyl (C=O) groups excluding carboxylic acids is 4. The number of imide groups is 1. The van der Waals surface area contributed by atoms with E-state index in [9.17, 15) is 19.2 Å². The number of hydrogen-bond donors (Lipinski definition) is 0. The summed E-state index contributed by atoms with van der Waals surface area (Å²) in [5, 5.41) is 1.73. The Morgan fingerprint density at radius 2 is 1.47 bits per heavy atom. The summed E-state index contributed by atoms with van der Waals surface area (Å²) < 4.78 is 16.6. The van der Waals surface area contributed by atoms with Gasteiger partial charge >= 0.3 is 12.1 Å². The molecule has 9 heteroatoms. The fourth-order valence-corrected chi connectivity index (χ4v) is 4.65. The van der Waals surface area contributed by atoms with E-state index < -0.39 is 35.7 Å². The van der Waals surface area contributed by atoms with Gasteiger partial charge in [0.2, 0.25) is 0 Å². The number of ether oxygens (including phenoxy) is 3. The van der Waals surface area contributed by atoms with Crippen molar-refractivity contribution < 1.29 is 33.4 Å². The van der Waals surface area contributed by atoms with Gasteiger partial charge in [0, 0.05) is 28.3 Å². The second kappa shape index (κ2) is 13.4. The summed E-state index contributed by atoms with van der Waals surface area (Å²) >= 11 is 0. The molecule has 43 heavy (non-hydrogen) atoms. The van der Waals surface area contributed by atoms with Gasteiger partial charge in [0.25, 0.3) is 18.1 Å². The number of aryl methyl sites for hydroxylation is 3. The molecule has 3 amide bonds. The monoisotopic (exact) mass is 586 g/mol. The van der Waals surface area contributed by atoms with Crippen LogP contribution in [0.2, 0.25) is 0 Å². The molecule has 3 aromatic carbocycles. The Morgan fingerprint density at radius 3 is 2.02 bits per heavy atom. The summed E-state index contributed by atoms with van der Waals surface area (Å²) in [7, 11) is 1.47. The van der Waals surface area contributed by atoms with Crippen LogP contribution in [0.15, 0.2) is 73.3 Å². The Labute approximate surface area is 252 Å². The Kier molecular flexibility index (Phi) is 10.1. The number of hydrazine groups is 1. The SMILES string of the molecule is C=CC(=O)OC(OC(=O)N(C(=O)c1cccc(OC)c1C)N(C(=O)c1cc(C)cc(C)c1)C(C)(C)C)c1ccccc1C. The maximum atomic E-state index is 14.3. The number of benzene rings is 3. The molecular weight excluding hydrogens is 548 g/mol. The van der Waals surface area contributed by atoms with E-state index in [4.69, 9.17) is 14.2 Å². The van der Waals surface area contributed by atoms with Gasteiger partial charge in [-0.1, -0.05) is 54.1 Å². The van der Waals surface area contributed by atoms with Crippen molar-refractivity contribution in [2.45, 2.75) is 60.3 Å². The predicted octanol–water partition coefficient (Wildman–Crippen LogP) is 6.79. The predicted molar refractivity (Wildman–Crippen MR) is 162 cm³/mol. The van der Waals surface area contributed by atoms with Crippen molar-refractivity contribution in [2.24, 2.45) is 0 Å². The minimum atomic E-state index is -1.54. The maximum Gasteiger partial charge on any atom is 0.439 e. The number of amides is 3. The van der Waals surface area contributed by atoms with Gasteiger partial charge in [0.05, 0.1) is 12.6 Å². The molecule has 1 unspecified atom stereocenters. The zero-order valence-electron chi connectivity index (χ0n) is 25.9. The summed E-state index contributed by atoms with van der Waals surface area (Å²) in [4.78, 5) is 55.0. The van der Waals surface area contributed by atoms with Crippen molar-refractivity contribution in [3.05, 3.63) is 112 Å². The van der Waals surface area contributed by atoms with E-state index >= 15 is 0 Å². The van der Waals surface area contributed by atoms with E-state index in [1.54, 1.807) is 83.1 Å². The van der Waals surface area contributed by atoms with Crippen molar-refractivity contribution in [2.75, 3.05) is 7.11 Å². The average Bonchev–Trinajstić information content (AvgIpc) is 2.93. The lowest BCUT2D eigenvalue weighted by molar-refractivity contribution is -0.167. The van der Waals surface area contributed by atoms with Gasteiger partial charge in [-0.05, 0) is 78.3 Å². The summed E-state index contributed by atoms with van der Waals surface area (Å²) in [6, 6.07) is 16.9. The van der Waals surface area contributed by atoms with Gasteiger partial charge in [0.15, 0.2) is 0 Å². The van der Waals surface area contributed by atoms with Crippen LogP contribution in [0.5, 0.6) is 5.75 Å². The Bertz CT molecular complexity index is 1530. The van der Waals surface area contributed by atoms with Gasteiger partial charge in [-0.2, -0.15) is 0 Å². The molecule has 0 spiro atoms. The minimum Gasteiger partial charge on any atom is -0.496 e. The summed E-state index contributed by atoms with van der Waals surface area (Å²) in [6.45, 7) is 15.6. The van der Waals surface area contributed by atoms with Crippen molar-refractivity contribution >= 4 is 23.9 Å². The minimum absolute atomic E-state index is 0.106. The smallest absolute Gasteiger partial charge is 0.439 e. The highest BCUT2D eigenvalue weighted by Gasteiger charge is 2.43. The molecule has 0 aromatic heterocycles. The zero-order chi connectivity index (χ0) is 32.1. The molecule has 9 nitrogen and oxygen atoms in total. The lowest BCUT2D eigenvalue weighted by atomic mass is 10.0. The van der Waals surface area contributed by atoms with E-state index in [0.717, 1.165) is 22.2 Å². The van der Waals surface area contributed by atoms with E-state index in [2.05, 4.69) is 6.58 Å². The molecule has 226 valence electrons. The first-order valence-electron chi connectivity index (χ1n) is 13.7. The van der Waals surface area contributed by atoms with Crippen molar-refractivity contribution in [3.63, 3.8) is 0 Å². The van der Waals surface area contributed by atoms with Gasteiger partial charge in [-0.25, -0.2) is 14.6 Å². The van der Waals surface area contributed by atoms with Crippen LogP contribution >= 0.6 is 0 Å². The van der Waals surface area contributed by atoms with Crippen molar-refractivity contribution in [1.82, 2.24) is 10.0 Å². The normalized spacial score (nSPS) is 11.6. The molecule has 1 atom stereocenters. The molecule has 0 heterocycles. The lowest BCUT2D eigenvalue weighted by Gasteiger charge is -2.42. The largest absolute Gasteiger partial charge is 0.496 e. The highest BCUT2D eigenvalue weighted by Crippen LogP contribution is 2.30. The fraction of sp³-hybridized carbons (Fsp3) is 0.294. The molecule has 0 N–H and O–H groups in total. The summed E-state index contributed by atoms with van der Waals surface area (Å²) in [5.74, 6) is -1.88. The molecule has 0 bridgehead atoms. The van der Waals surface area contributed by atoms with Gasteiger partial charge < -0.3 is 14.2 Å². The van der Waals surface area contributed by atoms with Crippen LogP contribution in [0.4, 0.5) is 4.79 Å². The Balaban J connectivity index is 2.23. The van der Waals surface area contributed by atoms with Crippen LogP contribution in [0, 0.1) is 27.7 Å². The molecule has 0 aliphatic rings. The fourth-order valence-electron chi connectivity index (χ4n) is 4.65. The number of rotatable bonds is 7. The Morgan fingerprint density at radius 1 is 0.837 bits per heavy atom. The topological polar surface area (TPSA) is 102 Å². The zero-order valence-corrected chi connectivity index (χ0v) is 25.9. The maximum absolute atomic E-state index is 14.3.